The highest BCUT2D eigenvalue weighted by Gasteiger charge is 2.30. The zero-order valence-corrected chi connectivity index (χ0v) is 11.0. The van der Waals surface area contributed by atoms with E-state index in [-0.39, 0.29) is 18.0 Å². The first kappa shape index (κ1) is 13.5. The Morgan fingerprint density at radius 1 is 1.53 bits per heavy atom. The Labute approximate surface area is 113 Å². The maximum Gasteiger partial charge on any atom is 0.241 e. The monoisotopic (exact) mass is 258 g/mol. The van der Waals surface area contributed by atoms with E-state index in [2.05, 4.69) is 16.7 Å². The van der Waals surface area contributed by atoms with Crippen LogP contribution >= 0.6 is 0 Å². The van der Waals surface area contributed by atoms with Crippen molar-refractivity contribution in [3.63, 3.8) is 0 Å². The number of rotatable bonds is 3. The Morgan fingerprint density at radius 3 is 2.95 bits per heavy atom. The summed E-state index contributed by atoms with van der Waals surface area (Å²) >= 11 is 0. The molecule has 1 aromatic carbocycles. The van der Waals surface area contributed by atoms with Gasteiger partial charge in [0.2, 0.25) is 5.91 Å². The molecule has 0 spiro atoms. The van der Waals surface area contributed by atoms with Crippen LogP contribution in [0, 0.1) is 11.3 Å². The molecule has 1 amide bonds. The van der Waals surface area contributed by atoms with Crippen molar-refractivity contribution in [3.05, 3.63) is 30.3 Å². The average Bonchev–Trinajstić information content (AvgIpc) is 2.47. The average molecular weight is 258 g/mol. The first-order valence-electron chi connectivity index (χ1n) is 6.44. The van der Waals surface area contributed by atoms with Crippen LogP contribution in [0.5, 0.6) is 0 Å². The molecule has 2 N–H and O–H groups in total. The molecule has 1 heterocycles. The third kappa shape index (κ3) is 3.31. The zero-order valence-electron chi connectivity index (χ0n) is 11.0. The van der Waals surface area contributed by atoms with Crippen LogP contribution in [0.3, 0.4) is 0 Å². The molecule has 1 aliphatic rings. The molecule has 1 aliphatic heterocycles. The number of benzene rings is 1. The number of anilines is 1. The van der Waals surface area contributed by atoms with Gasteiger partial charge in [-0.2, -0.15) is 5.26 Å². The van der Waals surface area contributed by atoms with E-state index in [9.17, 15) is 4.79 Å². The molecule has 2 unspecified atom stereocenters. The summed E-state index contributed by atoms with van der Waals surface area (Å²) in [7, 11) is 0. The summed E-state index contributed by atoms with van der Waals surface area (Å²) < 4.78 is 0. The lowest BCUT2D eigenvalue weighted by atomic mass is 10.1. The molecule has 5 nitrogen and oxygen atoms in total. The maximum absolute atomic E-state index is 12.2. The van der Waals surface area contributed by atoms with Crippen LogP contribution in [0.4, 0.5) is 5.69 Å². The van der Waals surface area contributed by atoms with Crippen molar-refractivity contribution >= 4 is 11.6 Å². The molecule has 2 rings (SSSR count). The molecule has 1 aromatic rings. The minimum atomic E-state index is -0.313. The van der Waals surface area contributed by atoms with Crippen molar-refractivity contribution in [2.24, 2.45) is 0 Å². The van der Waals surface area contributed by atoms with Crippen LogP contribution in [0.2, 0.25) is 0 Å². The zero-order chi connectivity index (χ0) is 13.7. The molecule has 0 aliphatic carbocycles. The van der Waals surface area contributed by atoms with E-state index < -0.39 is 0 Å². The number of carbonyl (C=O) groups is 1. The van der Waals surface area contributed by atoms with Gasteiger partial charge in [0.25, 0.3) is 0 Å². The lowest BCUT2D eigenvalue weighted by Gasteiger charge is -2.35. The Balaban J connectivity index is 2.00. The first-order chi connectivity index (χ1) is 9.22. The number of hydrogen-bond donors (Lipinski definition) is 2. The predicted octanol–water partition coefficient (Wildman–Crippen LogP) is 0.811. The second-order valence-corrected chi connectivity index (χ2v) is 4.62. The van der Waals surface area contributed by atoms with Crippen LogP contribution in [-0.4, -0.2) is 42.5 Å². The predicted molar refractivity (Wildman–Crippen MR) is 73.5 cm³/mol. The minimum Gasteiger partial charge on any atom is -0.325 e. The SMILES string of the molecule is CC(C(=O)Nc1ccccc1)N1CCNCC1C#N. The molecule has 1 saturated heterocycles. The van der Waals surface area contributed by atoms with Crippen LogP contribution in [0.25, 0.3) is 0 Å². The van der Waals surface area contributed by atoms with E-state index in [0.717, 1.165) is 12.2 Å². The highest BCUT2D eigenvalue weighted by molar-refractivity contribution is 5.94. The molecular weight excluding hydrogens is 240 g/mol. The topological polar surface area (TPSA) is 68.2 Å². The number of carbonyl (C=O) groups excluding carboxylic acids is 1. The number of piperazine rings is 1. The largest absolute Gasteiger partial charge is 0.325 e. The second kappa shape index (κ2) is 6.32. The van der Waals surface area contributed by atoms with Crippen molar-refractivity contribution < 1.29 is 4.79 Å². The van der Waals surface area contributed by atoms with E-state index >= 15 is 0 Å². The lowest BCUT2D eigenvalue weighted by molar-refractivity contribution is -0.121. The summed E-state index contributed by atoms with van der Waals surface area (Å²) in [6.45, 7) is 3.97. The minimum absolute atomic E-state index is 0.0756. The van der Waals surface area contributed by atoms with E-state index in [4.69, 9.17) is 5.26 Å². The number of nitrogens with one attached hydrogen (secondary N) is 2. The molecule has 0 saturated carbocycles. The van der Waals surface area contributed by atoms with Gasteiger partial charge in [-0.3, -0.25) is 9.69 Å². The Bertz CT molecular complexity index is 468. The van der Waals surface area contributed by atoms with Gasteiger partial charge >= 0.3 is 0 Å². The van der Waals surface area contributed by atoms with Gasteiger partial charge in [0, 0.05) is 25.3 Å². The van der Waals surface area contributed by atoms with Crippen molar-refractivity contribution in [3.8, 4) is 6.07 Å². The van der Waals surface area contributed by atoms with Crippen LogP contribution in [0.1, 0.15) is 6.92 Å². The summed E-state index contributed by atoms with van der Waals surface area (Å²) in [6, 6.07) is 11.0. The van der Waals surface area contributed by atoms with Crippen LogP contribution in [0.15, 0.2) is 30.3 Å². The summed E-state index contributed by atoms with van der Waals surface area (Å²) in [5.74, 6) is -0.0756. The Hall–Kier alpha value is -1.90. The molecule has 0 bridgehead atoms. The highest BCUT2D eigenvalue weighted by Crippen LogP contribution is 2.11. The summed E-state index contributed by atoms with van der Waals surface area (Å²) in [6.07, 6.45) is 0. The Kier molecular flexibility index (Phi) is 4.50. The maximum atomic E-state index is 12.2. The fourth-order valence-electron chi connectivity index (χ4n) is 2.22. The van der Waals surface area contributed by atoms with Gasteiger partial charge in [-0.05, 0) is 19.1 Å². The van der Waals surface area contributed by atoms with Crippen molar-refractivity contribution in [1.82, 2.24) is 10.2 Å². The van der Waals surface area contributed by atoms with Crippen molar-refractivity contribution in [1.29, 1.82) is 5.26 Å². The molecular formula is C14H18N4O. The van der Waals surface area contributed by atoms with Crippen LogP contribution in [-0.2, 0) is 4.79 Å². The van der Waals surface area contributed by atoms with Gasteiger partial charge < -0.3 is 10.6 Å². The third-order valence-electron chi connectivity index (χ3n) is 3.35. The number of nitriles is 1. The van der Waals surface area contributed by atoms with Gasteiger partial charge in [-0.1, -0.05) is 18.2 Å². The number of nitrogens with zero attached hydrogens (tertiary/aromatic N) is 2. The van der Waals surface area contributed by atoms with Gasteiger partial charge in [0.1, 0.15) is 6.04 Å². The fourth-order valence-corrected chi connectivity index (χ4v) is 2.22. The fraction of sp³-hybridized carbons (Fsp3) is 0.429. The van der Waals surface area contributed by atoms with E-state index in [0.29, 0.717) is 13.1 Å². The number of amides is 1. The van der Waals surface area contributed by atoms with Crippen molar-refractivity contribution in [2.75, 3.05) is 25.0 Å². The molecule has 0 aromatic heterocycles. The molecule has 0 radical (unpaired) electrons. The molecule has 100 valence electrons. The summed E-state index contributed by atoms with van der Waals surface area (Å²) in [4.78, 5) is 14.1. The smallest absolute Gasteiger partial charge is 0.241 e. The van der Waals surface area contributed by atoms with Gasteiger partial charge in [-0.15, -0.1) is 0 Å². The Morgan fingerprint density at radius 2 is 2.26 bits per heavy atom. The lowest BCUT2D eigenvalue weighted by Crippen LogP contribution is -2.56. The molecule has 2 atom stereocenters. The van der Waals surface area contributed by atoms with E-state index in [1.165, 1.54) is 0 Å². The van der Waals surface area contributed by atoms with E-state index in [1.807, 2.05) is 42.2 Å². The third-order valence-corrected chi connectivity index (χ3v) is 3.35. The normalized spacial score (nSPS) is 21.4. The van der Waals surface area contributed by atoms with Crippen molar-refractivity contribution in [2.45, 2.75) is 19.0 Å². The number of para-hydroxylation sites is 1. The number of hydrogen-bond acceptors (Lipinski definition) is 4. The summed E-state index contributed by atoms with van der Waals surface area (Å²) in [5.41, 5.74) is 0.781. The molecule has 1 fully saturated rings. The van der Waals surface area contributed by atoms with Gasteiger partial charge in [0.15, 0.2) is 0 Å². The second-order valence-electron chi connectivity index (χ2n) is 4.62. The molecule has 5 heteroatoms. The molecule has 19 heavy (non-hydrogen) atoms. The highest BCUT2D eigenvalue weighted by atomic mass is 16.2. The summed E-state index contributed by atoms with van der Waals surface area (Å²) in [5, 5.41) is 15.2. The van der Waals surface area contributed by atoms with Gasteiger partial charge in [-0.25, -0.2) is 0 Å². The standard InChI is InChI=1S/C14H18N4O/c1-11(18-8-7-16-10-13(18)9-15)14(19)17-12-5-3-2-4-6-12/h2-6,11,13,16H,7-8,10H2,1H3,(H,17,19). The van der Waals surface area contributed by atoms with Gasteiger partial charge in [0.05, 0.1) is 12.1 Å². The first-order valence-corrected chi connectivity index (χ1v) is 6.44. The van der Waals surface area contributed by atoms with Crippen LogP contribution < -0.4 is 10.6 Å². The quantitative estimate of drug-likeness (QED) is 0.842. The van der Waals surface area contributed by atoms with E-state index in [1.54, 1.807) is 0 Å².